The molecule has 1 aromatic carbocycles. The molecule has 0 saturated carbocycles. The molecule has 2 saturated heterocycles. The van der Waals surface area contributed by atoms with E-state index in [9.17, 15) is 18.8 Å². The van der Waals surface area contributed by atoms with Crippen molar-refractivity contribution in [2.24, 2.45) is 0 Å². The van der Waals surface area contributed by atoms with Crippen molar-refractivity contribution >= 4 is 29.5 Å². The molecule has 3 amide bonds. The maximum absolute atomic E-state index is 14.3. The first kappa shape index (κ1) is 25.1. The Morgan fingerprint density at radius 2 is 1.76 bits per heavy atom. The zero-order valence-electron chi connectivity index (χ0n) is 19.7. The van der Waals surface area contributed by atoms with Gasteiger partial charge in [0.2, 0.25) is 11.8 Å². The number of hydrogen-bond donors (Lipinski definition) is 1. The normalized spacial score (nSPS) is 21.1. The van der Waals surface area contributed by atoms with E-state index in [4.69, 9.17) is 4.74 Å². The number of unbranched alkanes of at least 4 members (excludes halogenated alkanes) is 5. The molecule has 4 rings (SSSR count). The summed E-state index contributed by atoms with van der Waals surface area (Å²) in [5.74, 6) is -0.652. The van der Waals surface area contributed by atoms with Gasteiger partial charge in [0.15, 0.2) is 0 Å². The van der Waals surface area contributed by atoms with Crippen LogP contribution in [-0.2, 0) is 20.9 Å². The summed E-state index contributed by atoms with van der Waals surface area (Å²) in [6.45, 7) is 5.27. The summed E-state index contributed by atoms with van der Waals surface area (Å²) in [5, 5.41) is 2.30. The standard InChI is InChI=1S/C25H34FN3O4S/c26-18-15-19-20(17-29(25(19)32)21-7-8-23(30)27-24(21)31)22(16-18)34-14-6-4-2-1-3-5-9-28-10-12-33-13-11-28/h15-16,21H,1-14,17H2,(H,27,30,31). The first-order chi connectivity index (χ1) is 16.5. The van der Waals surface area contributed by atoms with E-state index in [2.05, 4.69) is 10.2 Å². The number of imide groups is 1. The van der Waals surface area contributed by atoms with Crippen LogP contribution in [-0.4, -0.2) is 72.2 Å². The monoisotopic (exact) mass is 491 g/mol. The molecule has 9 heteroatoms. The Morgan fingerprint density at radius 1 is 1.03 bits per heavy atom. The van der Waals surface area contributed by atoms with Crippen LogP contribution in [0.25, 0.3) is 0 Å². The van der Waals surface area contributed by atoms with Crippen molar-refractivity contribution in [3.8, 4) is 0 Å². The van der Waals surface area contributed by atoms with E-state index < -0.39 is 17.8 Å². The topological polar surface area (TPSA) is 79.0 Å². The van der Waals surface area contributed by atoms with Gasteiger partial charge in [-0.05, 0) is 49.3 Å². The van der Waals surface area contributed by atoms with Crippen LogP contribution in [0.15, 0.2) is 17.0 Å². The molecule has 3 aliphatic rings. The van der Waals surface area contributed by atoms with Crippen LogP contribution >= 0.6 is 11.8 Å². The minimum atomic E-state index is -0.679. The van der Waals surface area contributed by atoms with Gasteiger partial charge in [-0.1, -0.05) is 25.7 Å². The lowest BCUT2D eigenvalue weighted by molar-refractivity contribution is -0.136. The smallest absolute Gasteiger partial charge is 0.255 e. The van der Waals surface area contributed by atoms with Crippen molar-refractivity contribution < 1.29 is 23.5 Å². The Morgan fingerprint density at radius 3 is 2.53 bits per heavy atom. The molecule has 1 N–H and O–H groups in total. The average Bonchev–Trinajstić information content (AvgIpc) is 3.14. The summed E-state index contributed by atoms with van der Waals surface area (Å²) in [5.41, 5.74) is 1.14. The van der Waals surface area contributed by atoms with Gasteiger partial charge in [0.05, 0.1) is 13.2 Å². The minimum Gasteiger partial charge on any atom is -0.379 e. The molecule has 0 aromatic heterocycles. The molecule has 3 aliphatic heterocycles. The Kier molecular flexibility index (Phi) is 8.97. The third-order valence-corrected chi connectivity index (χ3v) is 7.98. The van der Waals surface area contributed by atoms with Crippen molar-refractivity contribution in [3.05, 3.63) is 29.1 Å². The molecule has 1 aromatic rings. The lowest BCUT2D eigenvalue weighted by Crippen LogP contribution is -2.52. The number of benzene rings is 1. The van der Waals surface area contributed by atoms with E-state index in [1.54, 1.807) is 11.8 Å². The molecule has 0 aliphatic carbocycles. The maximum atomic E-state index is 14.3. The summed E-state index contributed by atoms with van der Waals surface area (Å²) in [6, 6.07) is 2.09. The van der Waals surface area contributed by atoms with Gasteiger partial charge in [-0.15, -0.1) is 11.8 Å². The van der Waals surface area contributed by atoms with E-state index in [1.165, 1.54) is 49.3 Å². The number of amides is 3. The van der Waals surface area contributed by atoms with Crippen molar-refractivity contribution in [1.82, 2.24) is 15.1 Å². The number of rotatable bonds is 11. The third kappa shape index (κ3) is 6.37. The van der Waals surface area contributed by atoms with Crippen molar-refractivity contribution in [1.29, 1.82) is 0 Å². The van der Waals surface area contributed by atoms with E-state index in [0.717, 1.165) is 55.4 Å². The Bertz CT molecular complexity index is 906. The van der Waals surface area contributed by atoms with Crippen LogP contribution in [0, 0.1) is 5.82 Å². The van der Waals surface area contributed by atoms with Crippen molar-refractivity contribution in [3.63, 3.8) is 0 Å². The summed E-state index contributed by atoms with van der Waals surface area (Å²) >= 11 is 1.59. The summed E-state index contributed by atoms with van der Waals surface area (Å²) in [6.07, 6.45) is 7.63. The lowest BCUT2D eigenvalue weighted by Gasteiger charge is -2.29. The number of nitrogens with zero attached hydrogens (tertiary/aromatic N) is 2. The Hall–Kier alpha value is -1.97. The van der Waals surface area contributed by atoms with E-state index in [-0.39, 0.29) is 24.8 Å². The highest BCUT2D eigenvalue weighted by Crippen LogP contribution is 2.35. The van der Waals surface area contributed by atoms with Gasteiger partial charge in [0.25, 0.3) is 5.91 Å². The maximum Gasteiger partial charge on any atom is 0.255 e. The van der Waals surface area contributed by atoms with Gasteiger partial charge in [-0.2, -0.15) is 0 Å². The first-order valence-corrected chi connectivity index (χ1v) is 13.4. The predicted molar refractivity (Wildman–Crippen MR) is 128 cm³/mol. The fourth-order valence-corrected chi connectivity index (χ4v) is 5.99. The second-order valence-corrected chi connectivity index (χ2v) is 10.4. The van der Waals surface area contributed by atoms with Gasteiger partial charge in [-0.25, -0.2) is 4.39 Å². The first-order valence-electron chi connectivity index (χ1n) is 12.4. The molecule has 3 heterocycles. The number of halogens is 1. The number of hydrogen-bond acceptors (Lipinski definition) is 6. The largest absolute Gasteiger partial charge is 0.379 e. The fourth-order valence-electron chi connectivity index (χ4n) is 4.87. The van der Waals surface area contributed by atoms with Crippen LogP contribution in [0.1, 0.15) is 67.3 Å². The molecule has 2 fully saturated rings. The van der Waals surface area contributed by atoms with Crippen LogP contribution in [0.4, 0.5) is 4.39 Å². The zero-order valence-corrected chi connectivity index (χ0v) is 20.5. The zero-order chi connectivity index (χ0) is 23.9. The molecule has 1 unspecified atom stereocenters. The molecular formula is C25H34FN3O4S. The number of morpholine rings is 1. The highest BCUT2D eigenvalue weighted by atomic mass is 32.2. The molecule has 7 nitrogen and oxygen atoms in total. The molecule has 0 spiro atoms. The van der Waals surface area contributed by atoms with Gasteiger partial charge >= 0.3 is 0 Å². The number of carbonyl (C=O) groups excluding carboxylic acids is 3. The van der Waals surface area contributed by atoms with Gasteiger partial charge in [0, 0.05) is 36.5 Å². The quantitative estimate of drug-likeness (QED) is 0.291. The number of piperidine rings is 1. The van der Waals surface area contributed by atoms with Gasteiger partial charge in [0.1, 0.15) is 11.9 Å². The number of carbonyl (C=O) groups is 3. The van der Waals surface area contributed by atoms with Crippen LogP contribution in [0.3, 0.4) is 0 Å². The predicted octanol–water partition coefficient (Wildman–Crippen LogP) is 3.35. The second-order valence-electron chi connectivity index (χ2n) is 9.25. The third-order valence-electron chi connectivity index (χ3n) is 6.81. The Balaban J connectivity index is 1.19. The molecule has 186 valence electrons. The Labute approximate surface area is 204 Å². The highest BCUT2D eigenvalue weighted by Gasteiger charge is 2.40. The van der Waals surface area contributed by atoms with Crippen LogP contribution in [0.5, 0.6) is 0 Å². The average molecular weight is 492 g/mol. The molecule has 0 radical (unpaired) electrons. The number of thioether (sulfide) groups is 1. The van der Waals surface area contributed by atoms with E-state index >= 15 is 0 Å². The summed E-state index contributed by atoms with van der Waals surface area (Å²) in [7, 11) is 0. The number of ether oxygens (including phenoxy) is 1. The SMILES string of the molecule is O=C1CCC(N2Cc3c(SCCCCCCCCN4CCOCC4)cc(F)cc3C2=O)C(=O)N1. The van der Waals surface area contributed by atoms with Crippen LogP contribution < -0.4 is 5.32 Å². The van der Waals surface area contributed by atoms with Crippen molar-refractivity contribution in [2.75, 3.05) is 38.6 Å². The number of nitrogens with one attached hydrogen (secondary N) is 1. The molecule has 0 bridgehead atoms. The van der Waals surface area contributed by atoms with E-state index in [0.29, 0.717) is 12.0 Å². The minimum absolute atomic E-state index is 0.208. The van der Waals surface area contributed by atoms with E-state index in [1.807, 2.05) is 0 Å². The lowest BCUT2D eigenvalue weighted by atomic mass is 10.0. The fraction of sp³-hybridized carbons (Fsp3) is 0.640. The second kappa shape index (κ2) is 12.1. The molecule has 34 heavy (non-hydrogen) atoms. The van der Waals surface area contributed by atoms with Crippen LogP contribution in [0.2, 0.25) is 0 Å². The highest BCUT2D eigenvalue weighted by molar-refractivity contribution is 7.99. The molecular weight excluding hydrogens is 457 g/mol. The van der Waals surface area contributed by atoms with Gasteiger partial charge < -0.3 is 9.64 Å². The number of fused-ring (bicyclic) bond motifs is 1. The summed E-state index contributed by atoms with van der Waals surface area (Å²) < 4.78 is 19.6. The van der Waals surface area contributed by atoms with Crippen molar-refractivity contribution in [2.45, 2.75) is 68.8 Å². The van der Waals surface area contributed by atoms with Gasteiger partial charge in [-0.3, -0.25) is 24.6 Å². The molecule has 1 atom stereocenters. The summed E-state index contributed by atoms with van der Waals surface area (Å²) in [4.78, 5) is 41.3.